The Labute approximate surface area is 227 Å². The average molecular weight is 585 g/mol. The molecule has 0 saturated heterocycles. The van der Waals surface area contributed by atoms with Crippen molar-refractivity contribution in [2.24, 2.45) is 0 Å². The van der Waals surface area contributed by atoms with E-state index in [1.807, 2.05) is 6.20 Å². The van der Waals surface area contributed by atoms with Crippen LogP contribution in [0.15, 0.2) is 121 Å². The molecule has 0 radical (unpaired) electrons. The summed E-state index contributed by atoms with van der Waals surface area (Å²) in [6.07, 6.45) is 9.45. The zero-order valence-electron chi connectivity index (χ0n) is 21.9. The molecular formula is C35H31NSiZr. The van der Waals surface area contributed by atoms with Crippen LogP contribution in [0.25, 0.3) is 34.2 Å². The standard InChI is InChI=1S/C19H14N.C9H7.C6H5.CH3.H2Si.Zr/c1-13-9-14-6-4-7-17(18(14)10-13)16-11-15-5-2-3-8-19(15)20-12-16;1-2-5-9-7-3-6-8(9)4-1;1-2-4-6-5-3-1;;;/h2-12H,1H3;1-7H;1-5H;1H3;1H2;. The Hall–Kier alpha value is -3.13. The fourth-order valence-electron chi connectivity index (χ4n) is 7.48. The number of benzene rings is 4. The minimum atomic E-state index is -3.89. The van der Waals surface area contributed by atoms with Crippen LogP contribution in [-0.4, -0.2) is 11.9 Å². The topological polar surface area (TPSA) is 12.9 Å². The van der Waals surface area contributed by atoms with Crippen LogP contribution in [0.2, 0.25) is 4.63 Å². The number of fused-ring (bicyclic) bond motifs is 3. The van der Waals surface area contributed by atoms with Gasteiger partial charge in [-0.3, -0.25) is 0 Å². The summed E-state index contributed by atoms with van der Waals surface area (Å²) in [4.78, 5) is 4.80. The summed E-state index contributed by atoms with van der Waals surface area (Å²) in [7, 11) is 0. The molecule has 2 aliphatic rings. The van der Waals surface area contributed by atoms with E-state index in [4.69, 9.17) is 4.98 Å². The fraction of sp³-hybridized carbons (Fsp3) is 0.114. The first-order chi connectivity index (χ1) is 18.4. The van der Waals surface area contributed by atoms with Crippen molar-refractivity contribution in [3.63, 3.8) is 0 Å². The minimum absolute atomic E-state index is 0.432. The third-order valence-electron chi connectivity index (χ3n) is 9.25. The van der Waals surface area contributed by atoms with Crippen molar-refractivity contribution >= 4 is 33.2 Å². The molecule has 184 valence electrons. The molecule has 2 aliphatic carbocycles. The van der Waals surface area contributed by atoms with Crippen molar-refractivity contribution in [3.05, 3.63) is 143 Å². The van der Waals surface area contributed by atoms with E-state index in [1.165, 1.54) is 44.3 Å². The van der Waals surface area contributed by atoms with Gasteiger partial charge in [0, 0.05) is 0 Å². The van der Waals surface area contributed by atoms with Crippen LogP contribution in [-0.2, 0) is 17.4 Å². The number of allylic oxidation sites excluding steroid dienone is 2. The van der Waals surface area contributed by atoms with Gasteiger partial charge in [0.05, 0.1) is 0 Å². The van der Waals surface area contributed by atoms with Gasteiger partial charge in [0.25, 0.3) is 0 Å². The molecule has 1 aromatic heterocycles. The Morgan fingerprint density at radius 2 is 1.53 bits per heavy atom. The van der Waals surface area contributed by atoms with Crippen molar-refractivity contribution in [1.82, 2.24) is 4.98 Å². The SMILES string of the molecule is CC1=Cc2c(-c3cnc4ccccc4c3)cccc2[CH]1[Zr]([CH3])(=[SiH2])([c]1ccccc1)[CH]1C=Cc2ccccc21. The van der Waals surface area contributed by atoms with E-state index in [0.717, 1.165) is 5.52 Å². The van der Waals surface area contributed by atoms with Crippen molar-refractivity contribution in [1.29, 1.82) is 0 Å². The van der Waals surface area contributed by atoms with E-state index in [0.29, 0.717) is 7.25 Å². The van der Waals surface area contributed by atoms with Crippen molar-refractivity contribution in [2.45, 2.75) is 18.8 Å². The van der Waals surface area contributed by atoms with E-state index in [9.17, 15) is 0 Å². The van der Waals surface area contributed by atoms with Gasteiger partial charge in [-0.15, -0.1) is 0 Å². The molecule has 5 aromatic rings. The summed E-state index contributed by atoms with van der Waals surface area (Å²) in [6, 6.07) is 38.2. The monoisotopic (exact) mass is 583 g/mol. The van der Waals surface area contributed by atoms with E-state index >= 15 is 0 Å². The van der Waals surface area contributed by atoms with Gasteiger partial charge in [-0.05, 0) is 0 Å². The molecule has 1 nitrogen and oxygen atoms in total. The van der Waals surface area contributed by atoms with E-state index in [1.54, 1.807) is 3.27 Å². The number of hydrogen-bond acceptors (Lipinski definition) is 1. The van der Waals surface area contributed by atoms with E-state index in [-0.39, 0.29) is 0 Å². The zero-order chi connectivity index (χ0) is 25.9. The number of pyridine rings is 1. The van der Waals surface area contributed by atoms with Crippen LogP contribution >= 0.6 is 0 Å². The van der Waals surface area contributed by atoms with Gasteiger partial charge in [-0.2, -0.15) is 0 Å². The second-order valence-electron chi connectivity index (χ2n) is 11.6. The summed E-state index contributed by atoms with van der Waals surface area (Å²) in [6.45, 7) is 4.78. The molecule has 0 bridgehead atoms. The number of hydrogen-bond donors (Lipinski definition) is 0. The Morgan fingerprint density at radius 3 is 2.39 bits per heavy atom. The molecule has 38 heavy (non-hydrogen) atoms. The normalized spacial score (nSPS) is 18.3. The molecule has 2 unspecified atom stereocenters. The van der Waals surface area contributed by atoms with Gasteiger partial charge in [-0.25, -0.2) is 0 Å². The molecule has 1 heterocycles. The van der Waals surface area contributed by atoms with Gasteiger partial charge >= 0.3 is 229 Å². The Morgan fingerprint density at radius 1 is 0.789 bits per heavy atom. The number of rotatable bonds is 4. The van der Waals surface area contributed by atoms with Crippen LogP contribution < -0.4 is 3.27 Å². The van der Waals surface area contributed by atoms with Crippen molar-refractivity contribution in [3.8, 4) is 11.1 Å². The van der Waals surface area contributed by atoms with Gasteiger partial charge in [0.15, 0.2) is 0 Å². The summed E-state index contributed by atoms with van der Waals surface area (Å²) < 4.78 is 5.19. The maximum absolute atomic E-state index is 4.80. The van der Waals surface area contributed by atoms with Crippen LogP contribution in [0.5, 0.6) is 0 Å². The Balaban J connectivity index is 1.46. The number of nitrogens with zero attached hydrogens (tertiary/aromatic N) is 1. The van der Waals surface area contributed by atoms with Gasteiger partial charge in [0.1, 0.15) is 0 Å². The second-order valence-corrected chi connectivity index (χ2v) is 38.0. The second kappa shape index (κ2) is 8.70. The summed E-state index contributed by atoms with van der Waals surface area (Å²) in [5.74, 6) is 0. The maximum atomic E-state index is 4.80. The third-order valence-corrected chi connectivity index (χ3v) is 32.9. The summed E-state index contributed by atoms with van der Waals surface area (Å²) >= 11 is -3.89. The van der Waals surface area contributed by atoms with Crippen LogP contribution in [0.3, 0.4) is 0 Å². The molecule has 2 atom stereocenters. The van der Waals surface area contributed by atoms with E-state index < -0.39 is 17.4 Å². The molecule has 0 spiro atoms. The van der Waals surface area contributed by atoms with Crippen LogP contribution in [0.1, 0.15) is 36.4 Å². The molecule has 0 fully saturated rings. The first-order valence-corrected chi connectivity index (χ1v) is 25.9. The molecule has 0 N–H and O–H groups in total. The first kappa shape index (κ1) is 23.9. The zero-order valence-corrected chi connectivity index (χ0v) is 25.8. The van der Waals surface area contributed by atoms with Gasteiger partial charge in [0.2, 0.25) is 0 Å². The first-order valence-electron chi connectivity index (χ1n) is 13.5. The van der Waals surface area contributed by atoms with Crippen LogP contribution in [0, 0.1) is 0 Å². The fourth-order valence-corrected chi connectivity index (χ4v) is 30.0. The molecule has 0 aliphatic heterocycles. The molecule has 3 heteroatoms. The van der Waals surface area contributed by atoms with E-state index in [2.05, 4.69) is 140 Å². The summed E-state index contributed by atoms with van der Waals surface area (Å²) in [5.41, 5.74) is 10.8. The Bertz CT molecular complexity index is 1870. The molecule has 4 aromatic carbocycles. The van der Waals surface area contributed by atoms with Crippen molar-refractivity contribution in [2.75, 3.05) is 0 Å². The predicted octanol–water partition coefficient (Wildman–Crippen LogP) is 7.74. The molecular weight excluding hydrogens is 554 g/mol. The van der Waals surface area contributed by atoms with Crippen molar-refractivity contribution < 1.29 is 17.4 Å². The Kier molecular flexibility index (Phi) is 5.48. The predicted molar refractivity (Wildman–Crippen MR) is 162 cm³/mol. The molecule has 7 rings (SSSR count). The van der Waals surface area contributed by atoms with Gasteiger partial charge in [-0.1, -0.05) is 0 Å². The van der Waals surface area contributed by atoms with Crippen LogP contribution in [0.4, 0.5) is 0 Å². The molecule has 0 saturated carbocycles. The average Bonchev–Trinajstić information content (AvgIpc) is 3.55. The number of para-hydroxylation sites is 1. The quantitative estimate of drug-likeness (QED) is 0.197. The molecule has 0 amide bonds. The number of aromatic nitrogens is 1. The summed E-state index contributed by atoms with van der Waals surface area (Å²) in [5, 5.41) is 1.19. The third kappa shape index (κ3) is 3.42. The van der Waals surface area contributed by atoms with Gasteiger partial charge < -0.3 is 0 Å².